The zero-order valence-corrected chi connectivity index (χ0v) is 24.3. The summed E-state index contributed by atoms with van der Waals surface area (Å²) in [4.78, 5) is 29.9. The number of rotatable bonds is 10. The zero-order valence-electron chi connectivity index (χ0n) is 22.7. The highest BCUT2D eigenvalue weighted by Crippen LogP contribution is 2.46. The Morgan fingerprint density at radius 3 is 2.49 bits per heavy atom. The third-order valence-corrected chi connectivity index (χ3v) is 8.38. The lowest BCUT2D eigenvalue weighted by molar-refractivity contribution is -0.124. The van der Waals surface area contributed by atoms with Gasteiger partial charge in [-0.3, -0.25) is 9.59 Å². The first-order chi connectivity index (χ1) is 18.6. The Labute approximate surface area is 236 Å². The molecule has 1 saturated carbocycles. The van der Waals surface area contributed by atoms with Crippen LogP contribution in [0.3, 0.4) is 0 Å². The van der Waals surface area contributed by atoms with Crippen LogP contribution in [0, 0.1) is 0 Å². The van der Waals surface area contributed by atoms with E-state index in [9.17, 15) is 18.0 Å². The van der Waals surface area contributed by atoms with Crippen LogP contribution in [0.1, 0.15) is 79.4 Å². The topological polar surface area (TPSA) is 105 Å². The number of hydrogen-bond acceptors (Lipinski definition) is 5. The number of ether oxygens (including phenoxy) is 1. The average molecular weight is 576 g/mol. The lowest BCUT2D eigenvalue weighted by Crippen LogP contribution is -2.59. The summed E-state index contributed by atoms with van der Waals surface area (Å²) in [7, 11) is -3.51. The molecule has 0 aromatic heterocycles. The number of halogens is 1. The van der Waals surface area contributed by atoms with Crippen molar-refractivity contribution >= 4 is 33.4 Å². The van der Waals surface area contributed by atoms with Crippen molar-refractivity contribution in [1.29, 1.82) is 0 Å². The largest absolute Gasteiger partial charge is 0.379 e. The first-order valence-corrected chi connectivity index (χ1v) is 15.9. The maximum Gasteiger partial charge on any atom is 0.255 e. The van der Waals surface area contributed by atoms with Crippen molar-refractivity contribution < 1.29 is 22.7 Å². The molecule has 212 valence electrons. The highest BCUT2D eigenvalue weighted by atomic mass is 35.5. The molecule has 39 heavy (non-hydrogen) atoms. The molecule has 10 heteroatoms. The van der Waals surface area contributed by atoms with Gasteiger partial charge < -0.3 is 15.0 Å². The Morgan fingerprint density at radius 2 is 1.79 bits per heavy atom. The number of nitrogens with one attached hydrogen (secondary N) is 2. The molecule has 1 heterocycles. The second kappa shape index (κ2) is 12.8. The normalized spacial score (nSPS) is 23.5. The van der Waals surface area contributed by atoms with Crippen LogP contribution >= 0.6 is 11.6 Å². The van der Waals surface area contributed by atoms with Gasteiger partial charge in [-0.25, -0.2) is 13.1 Å². The summed E-state index contributed by atoms with van der Waals surface area (Å²) in [6.45, 7) is 4.91. The number of carbonyl (C=O) groups excluding carboxylic acids is 2. The second-order valence-corrected chi connectivity index (χ2v) is 12.9. The maximum absolute atomic E-state index is 14.2. The molecule has 0 unspecified atom stereocenters. The van der Waals surface area contributed by atoms with Crippen molar-refractivity contribution in [2.75, 3.05) is 19.4 Å². The minimum Gasteiger partial charge on any atom is -0.379 e. The van der Waals surface area contributed by atoms with Crippen molar-refractivity contribution in [2.45, 2.75) is 76.1 Å². The summed E-state index contributed by atoms with van der Waals surface area (Å²) in [6.07, 6.45) is 4.88. The average Bonchev–Trinajstić information content (AvgIpc) is 2.88. The smallest absolute Gasteiger partial charge is 0.255 e. The van der Waals surface area contributed by atoms with E-state index in [1.165, 1.54) is 0 Å². The first kappa shape index (κ1) is 29.5. The van der Waals surface area contributed by atoms with Gasteiger partial charge in [-0.2, -0.15) is 0 Å². The van der Waals surface area contributed by atoms with Gasteiger partial charge in [-0.05, 0) is 62.4 Å². The fourth-order valence-electron chi connectivity index (χ4n) is 5.78. The Balaban J connectivity index is 1.77. The van der Waals surface area contributed by atoms with Gasteiger partial charge >= 0.3 is 0 Å². The van der Waals surface area contributed by atoms with Crippen molar-refractivity contribution in [3.63, 3.8) is 0 Å². The summed E-state index contributed by atoms with van der Waals surface area (Å²) < 4.78 is 33.0. The molecule has 1 aliphatic heterocycles. The Morgan fingerprint density at radius 1 is 1.10 bits per heavy atom. The fraction of sp³-hybridized carbons (Fsp3) is 0.517. The second-order valence-electron chi connectivity index (χ2n) is 10.7. The highest BCUT2D eigenvalue weighted by molar-refractivity contribution is 7.88. The molecule has 0 bridgehead atoms. The van der Waals surface area contributed by atoms with Crippen LogP contribution < -0.4 is 10.0 Å². The van der Waals surface area contributed by atoms with Crippen LogP contribution in [0.4, 0.5) is 0 Å². The predicted molar refractivity (Wildman–Crippen MR) is 152 cm³/mol. The fourth-order valence-corrected chi connectivity index (χ4v) is 6.73. The van der Waals surface area contributed by atoms with Crippen LogP contribution in [0.25, 0.3) is 0 Å². The molecule has 2 aliphatic rings. The Kier molecular flexibility index (Phi) is 9.69. The quantitative estimate of drug-likeness (QED) is 0.408. The Bertz CT molecular complexity index is 1270. The molecule has 0 saturated heterocycles. The van der Waals surface area contributed by atoms with Crippen molar-refractivity contribution in [3.05, 3.63) is 70.2 Å². The van der Waals surface area contributed by atoms with Crippen molar-refractivity contribution in [3.8, 4) is 0 Å². The number of amides is 2. The molecule has 2 aromatic carbocycles. The van der Waals surface area contributed by atoms with Crippen LogP contribution in [0.2, 0.25) is 5.02 Å². The maximum atomic E-state index is 14.2. The molecule has 4 rings (SSSR count). The minimum absolute atomic E-state index is 0.115. The number of sulfonamides is 1. The molecule has 8 nitrogen and oxygen atoms in total. The molecule has 1 aliphatic carbocycles. The molecular formula is C29H38ClN3O5S. The molecule has 0 radical (unpaired) electrons. The summed E-state index contributed by atoms with van der Waals surface area (Å²) in [5.41, 5.74) is 1.90. The molecule has 2 amide bonds. The van der Waals surface area contributed by atoms with Gasteiger partial charge in [0.25, 0.3) is 5.91 Å². The van der Waals surface area contributed by atoms with Crippen LogP contribution in [0.5, 0.6) is 0 Å². The summed E-state index contributed by atoms with van der Waals surface area (Å²) >= 11 is 6.21. The van der Waals surface area contributed by atoms with E-state index in [0.717, 1.165) is 24.7 Å². The number of carbonyl (C=O) groups is 2. The molecule has 4 atom stereocenters. The lowest BCUT2D eigenvalue weighted by atomic mass is 9.76. The minimum atomic E-state index is -3.51. The van der Waals surface area contributed by atoms with Crippen molar-refractivity contribution in [2.24, 2.45) is 0 Å². The molecule has 0 spiro atoms. The van der Waals surface area contributed by atoms with E-state index in [-0.39, 0.29) is 17.9 Å². The third-order valence-electron chi connectivity index (χ3n) is 7.39. The summed E-state index contributed by atoms with van der Waals surface area (Å²) in [6, 6.07) is 12.9. The van der Waals surface area contributed by atoms with Gasteiger partial charge in [0, 0.05) is 35.8 Å². The van der Waals surface area contributed by atoms with E-state index in [2.05, 4.69) is 10.0 Å². The SMILES string of the molecule is CC(C)OCCCNC(=O)[C@@H]1c2ccccc2C(=O)N([C@H]2CCCC[C@@H]2NS(C)(=O)=O)[C@H]1c1ccc(Cl)cc1. The van der Waals surface area contributed by atoms with E-state index >= 15 is 0 Å². The van der Waals surface area contributed by atoms with Crippen molar-refractivity contribution in [1.82, 2.24) is 14.9 Å². The number of benzene rings is 2. The summed E-state index contributed by atoms with van der Waals surface area (Å²) in [5.74, 6) is -1.08. The van der Waals surface area contributed by atoms with E-state index < -0.39 is 34.1 Å². The summed E-state index contributed by atoms with van der Waals surface area (Å²) in [5, 5.41) is 3.62. The lowest BCUT2D eigenvalue weighted by Gasteiger charge is -2.49. The molecule has 2 N–H and O–H groups in total. The van der Waals surface area contributed by atoms with Crippen LogP contribution in [-0.2, 0) is 19.6 Å². The molecule has 1 fully saturated rings. The Hall–Kier alpha value is -2.46. The van der Waals surface area contributed by atoms with Gasteiger partial charge in [-0.15, -0.1) is 0 Å². The van der Waals surface area contributed by atoms with Gasteiger partial charge in [0.15, 0.2) is 0 Å². The zero-order chi connectivity index (χ0) is 28.2. The predicted octanol–water partition coefficient (Wildman–Crippen LogP) is 4.41. The highest BCUT2D eigenvalue weighted by Gasteiger charge is 2.48. The van der Waals surface area contributed by atoms with Gasteiger partial charge in [0.1, 0.15) is 0 Å². The standard InChI is InChI=1S/C29H38ClN3O5S/c1-19(2)38-18-8-17-31-28(34)26-22-9-4-5-10-23(22)29(35)33(27(26)20-13-15-21(30)16-14-20)25-12-7-6-11-24(25)32-39(3,36)37/h4-5,9-10,13-16,19,24-27,32H,6-8,11-12,17-18H2,1-3H3,(H,31,34)/t24-,25-,26+,27-/m0/s1. The molecule has 2 aromatic rings. The van der Waals surface area contributed by atoms with E-state index in [1.807, 2.05) is 38.1 Å². The van der Waals surface area contributed by atoms with Gasteiger partial charge in [-0.1, -0.05) is 54.8 Å². The number of hydrogen-bond donors (Lipinski definition) is 2. The number of nitrogens with zero attached hydrogens (tertiary/aromatic N) is 1. The number of fused-ring (bicyclic) bond motifs is 1. The third kappa shape index (κ3) is 7.20. The van der Waals surface area contributed by atoms with E-state index in [0.29, 0.717) is 48.6 Å². The van der Waals surface area contributed by atoms with E-state index in [4.69, 9.17) is 16.3 Å². The monoisotopic (exact) mass is 575 g/mol. The van der Waals surface area contributed by atoms with Crippen LogP contribution in [0.15, 0.2) is 48.5 Å². The molecular weight excluding hydrogens is 538 g/mol. The van der Waals surface area contributed by atoms with E-state index in [1.54, 1.807) is 29.2 Å². The first-order valence-electron chi connectivity index (χ1n) is 13.6. The van der Waals surface area contributed by atoms with Gasteiger partial charge in [0.05, 0.1) is 24.3 Å². The van der Waals surface area contributed by atoms with Gasteiger partial charge in [0.2, 0.25) is 15.9 Å². The van der Waals surface area contributed by atoms with Crippen LogP contribution in [-0.4, -0.2) is 62.7 Å².